The van der Waals surface area contributed by atoms with Gasteiger partial charge in [-0.3, -0.25) is 0 Å². The molecule has 354 valence electrons. The first-order chi connectivity index (χ1) is 37.7. The zero-order valence-corrected chi connectivity index (χ0v) is 41.5. The van der Waals surface area contributed by atoms with E-state index in [0.717, 1.165) is 50.1 Å². The summed E-state index contributed by atoms with van der Waals surface area (Å²) in [5, 5.41) is 2.21. The number of hydrogen-bond acceptors (Lipinski definition) is 2. The molecule has 1 unspecified atom stereocenters. The van der Waals surface area contributed by atoms with Crippen molar-refractivity contribution in [2.24, 2.45) is 0 Å². The van der Waals surface area contributed by atoms with Gasteiger partial charge in [-0.25, -0.2) is 0 Å². The minimum atomic E-state index is -0.591. The predicted octanol–water partition coefficient (Wildman–Crippen LogP) is 19.1. The number of benzene rings is 12. The number of hydrogen-bond donors (Lipinski definition) is 0. The molecule has 0 radical (unpaired) electrons. The number of anilines is 3. The maximum Gasteiger partial charge on any atom is 0.135 e. The van der Waals surface area contributed by atoms with Gasteiger partial charge in [-0.15, -0.1) is 0 Å². The summed E-state index contributed by atoms with van der Waals surface area (Å²) < 4.78 is 6.42. The van der Waals surface area contributed by atoms with E-state index >= 15 is 0 Å². The molecule has 12 aromatic carbocycles. The number of rotatable bonds is 7. The van der Waals surface area contributed by atoms with E-state index in [9.17, 15) is 0 Å². The SMILES string of the molecule is c1ccc(-c2ccc3c(c2)C2(c4ccccc4-3)c3ccccc3-c3c(N(c4ccc5c(c4)C(c4ccccc4)(c4ccccc4)c4ccccc4-5)c4ccccc4-c4ccc5oc6ccccc6c5c4)cccc32)cc1. The molecule has 1 spiro atoms. The van der Waals surface area contributed by atoms with Crippen LogP contribution in [0.1, 0.15) is 44.5 Å². The van der Waals surface area contributed by atoms with Crippen LogP contribution in [0, 0.1) is 0 Å². The summed E-state index contributed by atoms with van der Waals surface area (Å²) in [4.78, 5) is 2.58. The number of fused-ring (bicyclic) bond motifs is 16. The second kappa shape index (κ2) is 16.4. The van der Waals surface area contributed by atoms with Gasteiger partial charge in [-0.05, 0) is 138 Å². The molecule has 2 nitrogen and oxygen atoms in total. The van der Waals surface area contributed by atoms with E-state index in [1.165, 1.54) is 89.0 Å². The maximum atomic E-state index is 6.42. The summed E-state index contributed by atoms with van der Waals surface area (Å²) in [5.74, 6) is 0. The summed E-state index contributed by atoms with van der Waals surface area (Å²) in [6.45, 7) is 0. The fourth-order valence-corrected chi connectivity index (χ4v) is 14.0. The second-order valence-corrected chi connectivity index (χ2v) is 20.6. The third-order valence-electron chi connectivity index (χ3n) is 17.0. The summed E-state index contributed by atoms with van der Waals surface area (Å²) in [6.07, 6.45) is 0. The first-order valence-electron chi connectivity index (χ1n) is 26.4. The number of para-hydroxylation sites is 2. The van der Waals surface area contributed by atoms with E-state index < -0.39 is 10.8 Å². The molecule has 2 heteroatoms. The highest BCUT2D eigenvalue weighted by molar-refractivity contribution is 6.08. The van der Waals surface area contributed by atoms with Crippen molar-refractivity contribution in [1.82, 2.24) is 0 Å². The Morgan fingerprint density at radius 2 is 0.763 bits per heavy atom. The van der Waals surface area contributed by atoms with Gasteiger partial charge in [-0.2, -0.15) is 0 Å². The Kier molecular flexibility index (Phi) is 9.20. The van der Waals surface area contributed by atoms with Crippen LogP contribution in [0.5, 0.6) is 0 Å². The molecule has 0 bridgehead atoms. The topological polar surface area (TPSA) is 16.4 Å². The van der Waals surface area contributed by atoms with Crippen molar-refractivity contribution in [3.63, 3.8) is 0 Å². The van der Waals surface area contributed by atoms with E-state index in [4.69, 9.17) is 4.42 Å². The molecule has 1 aromatic heterocycles. The van der Waals surface area contributed by atoms with Crippen LogP contribution in [0.2, 0.25) is 0 Å². The third-order valence-corrected chi connectivity index (χ3v) is 17.0. The van der Waals surface area contributed by atoms with Crippen molar-refractivity contribution >= 4 is 39.0 Å². The van der Waals surface area contributed by atoms with Gasteiger partial charge in [0.2, 0.25) is 0 Å². The largest absolute Gasteiger partial charge is 0.456 e. The Morgan fingerprint density at radius 3 is 1.49 bits per heavy atom. The summed E-state index contributed by atoms with van der Waals surface area (Å²) >= 11 is 0. The molecule has 76 heavy (non-hydrogen) atoms. The lowest BCUT2D eigenvalue weighted by Crippen LogP contribution is -2.28. The molecule has 0 N–H and O–H groups in total. The zero-order chi connectivity index (χ0) is 50.0. The first-order valence-corrected chi connectivity index (χ1v) is 26.4. The molecule has 0 fully saturated rings. The van der Waals surface area contributed by atoms with Gasteiger partial charge in [0, 0.05) is 27.6 Å². The molecule has 0 amide bonds. The van der Waals surface area contributed by atoms with Crippen molar-refractivity contribution in [3.05, 3.63) is 330 Å². The standard InChI is InChI=1S/C74H47NO/c1-4-21-48(22-5-1)49-39-42-57-56-29-11-16-33-63(56)74(66(57)46-49)64-34-17-12-31-60(64)72-65(74)35-20-37-69(72)75(68-36-18-13-27-54(68)50-40-44-71-61(45-50)59-30-14-19-38-70(59)76-71)53-41-43-58-55-28-10-15-32-62(55)73(67(58)47-53,51-23-6-2-7-24-51)52-25-8-3-9-26-52/h1-47H. The Balaban J connectivity index is 1.00. The van der Waals surface area contributed by atoms with Crippen molar-refractivity contribution in [1.29, 1.82) is 0 Å². The van der Waals surface area contributed by atoms with E-state index in [2.05, 4.69) is 284 Å². The Morgan fingerprint density at radius 1 is 0.263 bits per heavy atom. The molecule has 1 heterocycles. The van der Waals surface area contributed by atoms with Crippen LogP contribution in [0.4, 0.5) is 17.1 Å². The van der Waals surface area contributed by atoms with E-state index in [1.807, 2.05) is 6.07 Å². The van der Waals surface area contributed by atoms with E-state index in [0.29, 0.717) is 0 Å². The van der Waals surface area contributed by atoms with Crippen molar-refractivity contribution < 1.29 is 4.42 Å². The second-order valence-electron chi connectivity index (χ2n) is 20.6. The van der Waals surface area contributed by atoms with Gasteiger partial charge in [0.25, 0.3) is 0 Å². The van der Waals surface area contributed by atoms with Gasteiger partial charge in [0.1, 0.15) is 11.2 Å². The summed E-state index contributed by atoms with van der Waals surface area (Å²) in [5.41, 5.74) is 26.3. The van der Waals surface area contributed by atoms with Crippen LogP contribution in [0.15, 0.2) is 290 Å². The lowest BCUT2D eigenvalue weighted by atomic mass is 9.67. The maximum absolute atomic E-state index is 6.42. The smallest absolute Gasteiger partial charge is 0.135 e. The van der Waals surface area contributed by atoms with Crippen LogP contribution in [-0.2, 0) is 10.8 Å². The molecular formula is C74H47NO. The predicted molar refractivity (Wildman–Crippen MR) is 313 cm³/mol. The van der Waals surface area contributed by atoms with Crippen LogP contribution in [0.25, 0.3) is 77.6 Å². The number of furan rings is 1. The lowest BCUT2D eigenvalue weighted by molar-refractivity contribution is 0.669. The molecule has 13 aromatic rings. The van der Waals surface area contributed by atoms with Gasteiger partial charge in [-0.1, -0.05) is 237 Å². The van der Waals surface area contributed by atoms with Crippen molar-refractivity contribution in [3.8, 4) is 55.6 Å². The monoisotopic (exact) mass is 965 g/mol. The van der Waals surface area contributed by atoms with Crippen LogP contribution in [0.3, 0.4) is 0 Å². The van der Waals surface area contributed by atoms with E-state index in [-0.39, 0.29) is 0 Å². The fraction of sp³-hybridized carbons (Fsp3) is 0.0270. The Bertz CT molecular complexity index is 4430. The van der Waals surface area contributed by atoms with E-state index in [1.54, 1.807) is 0 Å². The summed E-state index contributed by atoms with van der Waals surface area (Å²) in [7, 11) is 0. The fourth-order valence-electron chi connectivity index (χ4n) is 14.0. The molecule has 0 aliphatic heterocycles. The summed E-state index contributed by atoms with van der Waals surface area (Å²) in [6, 6.07) is 106. The average molecular weight is 966 g/mol. The minimum Gasteiger partial charge on any atom is -0.456 e. The molecule has 3 aliphatic carbocycles. The molecule has 0 saturated heterocycles. The van der Waals surface area contributed by atoms with Gasteiger partial charge in [0.15, 0.2) is 0 Å². The number of nitrogens with zero attached hydrogens (tertiary/aromatic N) is 1. The average Bonchev–Trinajstić information content (AvgIpc) is 4.41. The van der Waals surface area contributed by atoms with Crippen molar-refractivity contribution in [2.75, 3.05) is 4.90 Å². The first kappa shape index (κ1) is 42.7. The van der Waals surface area contributed by atoms with Crippen LogP contribution < -0.4 is 4.90 Å². The minimum absolute atomic E-state index is 0.577. The zero-order valence-electron chi connectivity index (χ0n) is 41.5. The Labute approximate surface area is 442 Å². The Hall–Kier alpha value is -9.76. The highest BCUT2D eigenvalue weighted by Crippen LogP contribution is 2.66. The van der Waals surface area contributed by atoms with Gasteiger partial charge >= 0.3 is 0 Å². The van der Waals surface area contributed by atoms with Crippen LogP contribution in [-0.4, -0.2) is 0 Å². The highest BCUT2D eigenvalue weighted by atomic mass is 16.3. The quantitative estimate of drug-likeness (QED) is 0.158. The van der Waals surface area contributed by atoms with Gasteiger partial charge < -0.3 is 9.32 Å². The van der Waals surface area contributed by atoms with Crippen LogP contribution >= 0.6 is 0 Å². The third kappa shape index (κ3) is 5.81. The molecule has 3 aliphatic rings. The molecular weight excluding hydrogens is 919 g/mol. The normalized spacial score (nSPS) is 15.0. The molecule has 0 saturated carbocycles. The molecule has 16 rings (SSSR count). The lowest BCUT2D eigenvalue weighted by Gasteiger charge is -2.35. The molecule has 1 atom stereocenters. The van der Waals surface area contributed by atoms with Gasteiger partial charge in [0.05, 0.1) is 22.2 Å². The van der Waals surface area contributed by atoms with Crippen molar-refractivity contribution in [2.45, 2.75) is 10.8 Å². The highest BCUT2D eigenvalue weighted by Gasteiger charge is 2.53.